The summed E-state index contributed by atoms with van der Waals surface area (Å²) in [5.41, 5.74) is 0.941. The molecule has 0 fully saturated rings. The first-order valence-corrected chi connectivity index (χ1v) is 5.68. The van der Waals surface area contributed by atoms with Crippen molar-refractivity contribution in [2.24, 2.45) is 0 Å². The molecule has 2 heterocycles. The summed E-state index contributed by atoms with van der Waals surface area (Å²) in [5.74, 6) is -0.0255. The van der Waals surface area contributed by atoms with Gasteiger partial charge in [-0.2, -0.15) is 5.10 Å². The predicted octanol–water partition coefficient (Wildman–Crippen LogP) is 1.08. The third-order valence-corrected chi connectivity index (χ3v) is 2.30. The zero-order valence-electron chi connectivity index (χ0n) is 10.4. The van der Waals surface area contributed by atoms with Crippen molar-refractivity contribution < 1.29 is 14.3 Å². The maximum absolute atomic E-state index is 12.1. The van der Waals surface area contributed by atoms with Gasteiger partial charge in [0.1, 0.15) is 12.2 Å². The molecule has 0 atom stereocenters. The molecule has 1 amide bonds. The van der Waals surface area contributed by atoms with Crippen molar-refractivity contribution in [3.63, 3.8) is 0 Å². The Morgan fingerprint density at radius 1 is 1.47 bits per heavy atom. The third kappa shape index (κ3) is 3.52. The summed E-state index contributed by atoms with van der Waals surface area (Å²) in [7, 11) is 1.58. The number of carbonyl (C=O) groups excluding carboxylic acids is 1. The fraction of sp³-hybridized carbons (Fsp3) is 0.250. The smallest absolute Gasteiger partial charge is 0.261 e. The molecule has 7 heteroatoms. The van der Waals surface area contributed by atoms with Crippen LogP contribution in [0, 0.1) is 0 Å². The molecule has 2 N–H and O–H groups in total. The fourth-order valence-electron chi connectivity index (χ4n) is 1.42. The lowest BCUT2D eigenvalue weighted by molar-refractivity contribution is 0.101. The van der Waals surface area contributed by atoms with Crippen LogP contribution in [-0.2, 0) is 4.74 Å². The molecule has 2 aromatic heterocycles. The Morgan fingerprint density at radius 3 is 3.11 bits per heavy atom. The molecular weight excluding hydrogens is 248 g/mol. The first-order valence-electron chi connectivity index (χ1n) is 5.68. The van der Waals surface area contributed by atoms with Crippen molar-refractivity contribution in [2.45, 2.75) is 0 Å². The van der Waals surface area contributed by atoms with Crippen molar-refractivity contribution in [1.29, 1.82) is 0 Å². The van der Waals surface area contributed by atoms with Crippen molar-refractivity contribution in [3.05, 3.63) is 36.3 Å². The number of rotatable bonds is 6. The number of pyridine rings is 1. The lowest BCUT2D eigenvalue weighted by atomic mass is 10.2. The van der Waals surface area contributed by atoms with E-state index < -0.39 is 0 Å². The van der Waals surface area contributed by atoms with Gasteiger partial charge in [0.05, 0.1) is 18.5 Å². The van der Waals surface area contributed by atoms with E-state index in [2.05, 4.69) is 20.5 Å². The third-order valence-electron chi connectivity index (χ3n) is 2.30. The topological polar surface area (TPSA) is 89.1 Å². The minimum absolute atomic E-state index is 0.278. The number of H-pyrrole nitrogens is 1. The molecule has 0 radical (unpaired) electrons. The Bertz CT molecular complexity index is 528. The predicted molar refractivity (Wildman–Crippen MR) is 68.1 cm³/mol. The molecule has 0 aliphatic rings. The Labute approximate surface area is 110 Å². The number of aromatic amines is 1. The number of nitrogens with zero attached hydrogens (tertiary/aromatic N) is 2. The zero-order chi connectivity index (χ0) is 13.5. The second-order valence-corrected chi connectivity index (χ2v) is 3.64. The van der Waals surface area contributed by atoms with Crippen LogP contribution in [0.15, 0.2) is 30.7 Å². The SMILES string of the molecule is COCCOc1ncccc1C(=O)Nc1cn[nH]c1. The average molecular weight is 262 g/mol. The van der Waals surface area contributed by atoms with E-state index in [1.54, 1.807) is 31.6 Å². The van der Waals surface area contributed by atoms with Crippen molar-refractivity contribution in [1.82, 2.24) is 15.2 Å². The van der Waals surface area contributed by atoms with Gasteiger partial charge < -0.3 is 14.8 Å². The van der Waals surface area contributed by atoms with Gasteiger partial charge in [0.25, 0.3) is 5.91 Å². The van der Waals surface area contributed by atoms with E-state index in [-0.39, 0.29) is 11.8 Å². The van der Waals surface area contributed by atoms with E-state index in [4.69, 9.17) is 9.47 Å². The van der Waals surface area contributed by atoms with Crippen LogP contribution in [0.3, 0.4) is 0 Å². The summed E-state index contributed by atoms with van der Waals surface area (Å²) in [6, 6.07) is 3.32. The maximum Gasteiger partial charge on any atom is 0.261 e. The first kappa shape index (κ1) is 13.0. The van der Waals surface area contributed by atoms with E-state index in [0.29, 0.717) is 24.5 Å². The molecule has 2 aromatic rings. The summed E-state index contributed by atoms with van der Waals surface area (Å²) in [6.45, 7) is 0.763. The Kier molecular flexibility index (Phi) is 4.46. The molecule has 100 valence electrons. The number of ether oxygens (including phenoxy) is 2. The normalized spacial score (nSPS) is 10.2. The number of hydrogen-bond donors (Lipinski definition) is 2. The average Bonchev–Trinajstić information content (AvgIpc) is 2.92. The van der Waals surface area contributed by atoms with Crippen molar-refractivity contribution in [3.8, 4) is 5.88 Å². The van der Waals surface area contributed by atoms with Gasteiger partial charge in [-0.25, -0.2) is 4.98 Å². The molecule has 0 saturated heterocycles. The zero-order valence-corrected chi connectivity index (χ0v) is 10.4. The summed E-state index contributed by atoms with van der Waals surface area (Å²) >= 11 is 0. The molecule has 19 heavy (non-hydrogen) atoms. The van der Waals surface area contributed by atoms with Gasteiger partial charge in [-0.3, -0.25) is 9.89 Å². The summed E-state index contributed by atoms with van der Waals surface area (Å²) in [5, 5.41) is 9.05. The second kappa shape index (κ2) is 6.50. The van der Waals surface area contributed by atoms with E-state index >= 15 is 0 Å². The minimum Gasteiger partial charge on any atom is -0.475 e. The van der Waals surface area contributed by atoms with Crippen LogP contribution >= 0.6 is 0 Å². The van der Waals surface area contributed by atoms with Gasteiger partial charge >= 0.3 is 0 Å². The minimum atomic E-state index is -0.304. The highest BCUT2D eigenvalue weighted by atomic mass is 16.5. The summed E-state index contributed by atoms with van der Waals surface area (Å²) in [6.07, 6.45) is 4.66. The number of amides is 1. The first-order chi connectivity index (χ1) is 9.31. The Morgan fingerprint density at radius 2 is 2.37 bits per heavy atom. The number of anilines is 1. The molecule has 2 rings (SSSR count). The molecule has 0 unspecified atom stereocenters. The van der Waals surface area contributed by atoms with Gasteiger partial charge in [0.15, 0.2) is 0 Å². The highest BCUT2D eigenvalue weighted by Crippen LogP contribution is 2.16. The lowest BCUT2D eigenvalue weighted by Crippen LogP contribution is -2.15. The van der Waals surface area contributed by atoms with Gasteiger partial charge in [0, 0.05) is 19.5 Å². The van der Waals surface area contributed by atoms with E-state index in [1.165, 1.54) is 6.20 Å². The number of hydrogen-bond acceptors (Lipinski definition) is 5. The van der Waals surface area contributed by atoms with Crippen LogP contribution < -0.4 is 10.1 Å². The molecule has 0 saturated carbocycles. The largest absolute Gasteiger partial charge is 0.475 e. The van der Waals surface area contributed by atoms with Crippen molar-refractivity contribution >= 4 is 11.6 Å². The summed E-state index contributed by atoms with van der Waals surface area (Å²) < 4.78 is 10.3. The lowest BCUT2D eigenvalue weighted by Gasteiger charge is -2.09. The highest BCUT2D eigenvalue weighted by molar-refractivity contribution is 6.05. The Balaban J connectivity index is 2.07. The van der Waals surface area contributed by atoms with Crippen LogP contribution in [0.1, 0.15) is 10.4 Å². The number of methoxy groups -OCH3 is 1. The summed E-state index contributed by atoms with van der Waals surface area (Å²) in [4.78, 5) is 16.1. The number of aromatic nitrogens is 3. The molecule has 0 spiro atoms. The van der Waals surface area contributed by atoms with Crippen LogP contribution in [0.2, 0.25) is 0 Å². The molecule has 0 aliphatic heterocycles. The standard InChI is InChI=1S/C12H14N4O3/c1-18-5-6-19-12-10(3-2-4-13-12)11(17)16-9-7-14-15-8-9/h2-4,7-8H,5-6H2,1H3,(H,14,15)(H,16,17). The Hall–Kier alpha value is -2.41. The van der Waals surface area contributed by atoms with Crippen LogP contribution in [0.5, 0.6) is 5.88 Å². The van der Waals surface area contributed by atoms with Crippen LogP contribution in [0.4, 0.5) is 5.69 Å². The van der Waals surface area contributed by atoms with Gasteiger partial charge in [-0.05, 0) is 12.1 Å². The van der Waals surface area contributed by atoms with Gasteiger partial charge in [-0.1, -0.05) is 0 Å². The fourth-order valence-corrected chi connectivity index (χ4v) is 1.42. The molecule has 0 aliphatic carbocycles. The molecule has 7 nitrogen and oxygen atoms in total. The number of nitrogens with one attached hydrogen (secondary N) is 2. The van der Waals surface area contributed by atoms with Crippen LogP contribution in [-0.4, -0.2) is 41.4 Å². The second-order valence-electron chi connectivity index (χ2n) is 3.64. The van der Waals surface area contributed by atoms with E-state index in [9.17, 15) is 4.79 Å². The highest BCUT2D eigenvalue weighted by Gasteiger charge is 2.13. The molecule has 0 bridgehead atoms. The monoisotopic (exact) mass is 262 g/mol. The van der Waals surface area contributed by atoms with Gasteiger partial charge in [0.2, 0.25) is 5.88 Å². The van der Waals surface area contributed by atoms with Crippen molar-refractivity contribution in [2.75, 3.05) is 25.6 Å². The van der Waals surface area contributed by atoms with Crippen LogP contribution in [0.25, 0.3) is 0 Å². The van der Waals surface area contributed by atoms with Gasteiger partial charge in [-0.15, -0.1) is 0 Å². The number of carbonyl (C=O) groups is 1. The maximum atomic E-state index is 12.1. The van der Waals surface area contributed by atoms with E-state index in [0.717, 1.165) is 0 Å². The van der Waals surface area contributed by atoms with E-state index in [1.807, 2.05) is 0 Å². The molecular formula is C12H14N4O3. The molecule has 0 aromatic carbocycles. The quantitative estimate of drug-likeness (QED) is 0.760.